The van der Waals surface area contributed by atoms with Crippen LogP contribution in [0.2, 0.25) is 0 Å². The summed E-state index contributed by atoms with van der Waals surface area (Å²) in [6.45, 7) is 6.38. The molecule has 0 radical (unpaired) electrons. The zero-order valence-corrected chi connectivity index (χ0v) is 16.8. The summed E-state index contributed by atoms with van der Waals surface area (Å²) in [6, 6.07) is 5.31. The van der Waals surface area contributed by atoms with E-state index in [-0.39, 0.29) is 24.0 Å². The molecule has 1 aromatic heterocycles. The number of nitrogens with zero attached hydrogens (tertiary/aromatic N) is 1. The molecule has 3 N–H and O–H groups in total. The van der Waals surface area contributed by atoms with Crippen LogP contribution in [0.4, 0.5) is 0 Å². The molecule has 4 heteroatoms. The zero-order chi connectivity index (χ0) is 19.8. The van der Waals surface area contributed by atoms with E-state index in [1.54, 1.807) is 24.5 Å². The van der Waals surface area contributed by atoms with Gasteiger partial charge in [0.2, 0.25) is 0 Å². The third-order valence-electron chi connectivity index (χ3n) is 5.31. The molecule has 0 aliphatic heterocycles. The van der Waals surface area contributed by atoms with Crippen LogP contribution in [0.1, 0.15) is 69.9 Å². The van der Waals surface area contributed by atoms with E-state index in [2.05, 4.69) is 18.8 Å². The number of aliphatic hydroxyl groups is 1. The first-order valence-corrected chi connectivity index (χ1v) is 10.1. The average molecular weight is 372 g/mol. The molecule has 0 aliphatic rings. The van der Waals surface area contributed by atoms with Crippen LogP contribution < -0.4 is 0 Å². The number of aromatic nitrogens is 1. The number of unbranched alkanes of at least 4 members (excludes halogenated alkanes) is 2. The Morgan fingerprint density at radius 3 is 2.37 bits per heavy atom. The molecule has 2 unspecified atom stereocenters. The van der Waals surface area contributed by atoms with Crippen LogP contribution >= 0.6 is 0 Å². The molecule has 0 saturated carbocycles. The fourth-order valence-electron chi connectivity index (χ4n) is 3.53. The second-order valence-corrected chi connectivity index (χ2v) is 7.70. The monoisotopic (exact) mass is 371 g/mol. The largest absolute Gasteiger partial charge is 0.507 e. The summed E-state index contributed by atoms with van der Waals surface area (Å²) in [5.41, 5.74) is 2.85. The molecule has 0 spiro atoms. The molecule has 4 nitrogen and oxygen atoms in total. The molecule has 2 rings (SSSR count). The Bertz CT molecular complexity index is 706. The van der Waals surface area contributed by atoms with Gasteiger partial charge < -0.3 is 15.3 Å². The topological polar surface area (TPSA) is 73.6 Å². The standard InChI is InChI=1S/C23H33NO3/c1-4-5-6-7-16(2)8-9-18-12-21(26)23(22(27)13-18)20-14-24-11-10-19(20)17(3)15-25/h10-14,16-17,25-27H,4-9,15H2,1-3H3. The lowest BCUT2D eigenvalue weighted by Crippen LogP contribution is -2.02. The number of phenolic OH excluding ortho intramolecular Hbond substituents is 2. The number of hydrogen-bond acceptors (Lipinski definition) is 4. The Kier molecular flexibility index (Phi) is 8.11. The fraction of sp³-hybridized carbons (Fsp3) is 0.522. The summed E-state index contributed by atoms with van der Waals surface area (Å²) < 4.78 is 0. The van der Waals surface area contributed by atoms with E-state index < -0.39 is 0 Å². The van der Waals surface area contributed by atoms with E-state index in [1.807, 2.05) is 13.0 Å². The minimum absolute atomic E-state index is 0.00740. The first-order chi connectivity index (χ1) is 13.0. The van der Waals surface area contributed by atoms with Crippen molar-refractivity contribution in [2.45, 2.75) is 65.2 Å². The van der Waals surface area contributed by atoms with Crippen molar-refractivity contribution in [3.05, 3.63) is 41.7 Å². The highest BCUT2D eigenvalue weighted by Crippen LogP contribution is 2.41. The molecule has 27 heavy (non-hydrogen) atoms. The van der Waals surface area contributed by atoms with E-state index in [1.165, 1.54) is 25.7 Å². The van der Waals surface area contributed by atoms with Crippen molar-refractivity contribution in [1.82, 2.24) is 4.98 Å². The lowest BCUT2D eigenvalue weighted by Gasteiger charge is -2.17. The number of pyridine rings is 1. The smallest absolute Gasteiger partial charge is 0.127 e. The quantitative estimate of drug-likeness (QED) is 0.489. The molecule has 0 bridgehead atoms. The number of rotatable bonds is 10. The van der Waals surface area contributed by atoms with Gasteiger partial charge >= 0.3 is 0 Å². The van der Waals surface area contributed by atoms with Crippen molar-refractivity contribution in [2.75, 3.05) is 6.61 Å². The normalized spacial score (nSPS) is 13.5. The highest BCUT2D eigenvalue weighted by Gasteiger charge is 2.18. The van der Waals surface area contributed by atoms with Crippen LogP contribution in [0, 0.1) is 5.92 Å². The Hall–Kier alpha value is -2.07. The number of aromatic hydroxyl groups is 2. The minimum atomic E-state index is -0.106. The first kappa shape index (κ1) is 21.2. The molecule has 2 atom stereocenters. The maximum absolute atomic E-state index is 10.6. The van der Waals surface area contributed by atoms with Crippen molar-refractivity contribution in [1.29, 1.82) is 0 Å². The predicted molar refractivity (Wildman–Crippen MR) is 110 cm³/mol. The van der Waals surface area contributed by atoms with Crippen molar-refractivity contribution in [3.8, 4) is 22.6 Å². The highest BCUT2D eigenvalue weighted by atomic mass is 16.3. The highest BCUT2D eigenvalue weighted by molar-refractivity contribution is 5.79. The van der Waals surface area contributed by atoms with Crippen LogP contribution in [0.15, 0.2) is 30.6 Å². The van der Waals surface area contributed by atoms with E-state index >= 15 is 0 Å². The molecule has 0 amide bonds. The van der Waals surface area contributed by atoms with Gasteiger partial charge in [0.25, 0.3) is 0 Å². The van der Waals surface area contributed by atoms with Gasteiger partial charge in [-0.25, -0.2) is 0 Å². The van der Waals surface area contributed by atoms with Crippen LogP contribution in [0.5, 0.6) is 11.5 Å². The summed E-state index contributed by atoms with van der Waals surface area (Å²) >= 11 is 0. The summed E-state index contributed by atoms with van der Waals surface area (Å²) in [4.78, 5) is 4.13. The Labute approximate surface area is 162 Å². The lowest BCUT2D eigenvalue weighted by molar-refractivity contribution is 0.273. The van der Waals surface area contributed by atoms with Crippen molar-refractivity contribution in [3.63, 3.8) is 0 Å². The van der Waals surface area contributed by atoms with Gasteiger partial charge in [-0.3, -0.25) is 4.98 Å². The molecule has 0 saturated heterocycles. The van der Waals surface area contributed by atoms with Crippen molar-refractivity contribution < 1.29 is 15.3 Å². The lowest BCUT2D eigenvalue weighted by atomic mass is 9.91. The van der Waals surface area contributed by atoms with Gasteiger partial charge in [0.15, 0.2) is 0 Å². The summed E-state index contributed by atoms with van der Waals surface area (Å²) in [6.07, 6.45) is 10.2. The zero-order valence-electron chi connectivity index (χ0n) is 16.8. The Morgan fingerprint density at radius 2 is 1.74 bits per heavy atom. The van der Waals surface area contributed by atoms with E-state index in [0.29, 0.717) is 17.0 Å². The fourth-order valence-corrected chi connectivity index (χ4v) is 3.53. The van der Waals surface area contributed by atoms with Gasteiger partial charge in [-0.15, -0.1) is 0 Å². The van der Waals surface area contributed by atoms with Gasteiger partial charge in [0.1, 0.15) is 11.5 Å². The van der Waals surface area contributed by atoms with Gasteiger partial charge in [-0.2, -0.15) is 0 Å². The SMILES string of the molecule is CCCCCC(C)CCc1cc(O)c(-c2cnccc2C(C)CO)c(O)c1. The molecule has 2 aromatic rings. The van der Waals surface area contributed by atoms with Gasteiger partial charge in [0, 0.05) is 30.5 Å². The van der Waals surface area contributed by atoms with Crippen LogP contribution in [0.25, 0.3) is 11.1 Å². The van der Waals surface area contributed by atoms with Crippen molar-refractivity contribution >= 4 is 0 Å². The molecule has 148 valence electrons. The number of aliphatic hydroxyl groups excluding tert-OH is 1. The summed E-state index contributed by atoms with van der Waals surface area (Å²) in [5.74, 6) is 0.646. The molecule has 0 fully saturated rings. The van der Waals surface area contributed by atoms with E-state index in [0.717, 1.165) is 24.0 Å². The Balaban J connectivity index is 2.18. The van der Waals surface area contributed by atoms with Gasteiger partial charge in [0.05, 0.1) is 5.56 Å². The van der Waals surface area contributed by atoms with Crippen molar-refractivity contribution in [2.24, 2.45) is 5.92 Å². The van der Waals surface area contributed by atoms with Crippen LogP contribution in [0.3, 0.4) is 0 Å². The first-order valence-electron chi connectivity index (χ1n) is 10.1. The number of hydrogen-bond donors (Lipinski definition) is 3. The summed E-state index contributed by atoms with van der Waals surface area (Å²) in [5, 5.41) is 30.7. The average Bonchev–Trinajstić information content (AvgIpc) is 2.66. The minimum Gasteiger partial charge on any atom is -0.507 e. The molecular formula is C23H33NO3. The predicted octanol–water partition coefficient (Wildman–Crippen LogP) is 5.40. The molecule has 0 aliphatic carbocycles. The van der Waals surface area contributed by atoms with Crippen LogP contribution in [-0.4, -0.2) is 26.9 Å². The second kappa shape index (κ2) is 10.3. The summed E-state index contributed by atoms with van der Waals surface area (Å²) in [7, 11) is 0. The third-order valence-corrected chi connectivity index (χ3v) is 5.31. The van der Waals surface area contributed by atoms with Gasteiger partial charge in [-0.05, 0) is 48.1 Å². The maximum atomic E-state index is 10.6. The van der Waals surface area contributed by atoms with E-state index in [4.69, 9.17) is 0 Å². The number of benzene rings is 1. The molecule has 1 aromatic carbocycles. The Morgan fingerprint density at radius 1 is 1.04 bits per heavy atom. The maximum Gasteiger partial charge on any atom is 0.127 e. The third kappa shape index (κ3) is 5.70. The second-order valence-electron chi connectivity index (χ2n) is 7.70. The van der Waals surface area contributed by atoms with Crippen LogP contribution in [-0.2, 0) is 6.42 Å². The van der Waals surface area contributed by atoms with Gasteiger partial charge in [-0.1, -0.05) is 46.5 Å². The number of phenols is 2. The molecule has 1 heterocycles. The van der Waals surface area contributed by atoms with E-state index in [9.17, 15) is 15.3 Å². The number of aryl methyl sites for hydroxylation is 1. The molecular weight excluding hydrogens is 338 g/mol.